The second-order valence-corrected chi connectivity index (χ2v) is 6.98. The third-order valence-electron chi connectivity index (χ3n) is 5.14. The van der Waals surface area contributed by atoms with Gasteiger partial charge >= 0.3 is 0 Å². The number of benzene rings is 1. The van der Waals surface area contributed by atoms with Crippen molar-refractivity contribution in [3.63, 3.8) is 0 Å². The van der Waals surface area contributed by atoms with Gasteiger partial charge in [-0.3, -0.25) is 14.6 Å². The highest BCUT2D eigenvalue weighted by atomic mass is 16.2. The van der Waals surface area contributed by atoms with E-state index >= 15 is 0 Å². The number of nitrogens with one attached hydrogen (secondary N) is 1. The van der Waals surface area contributed by atoms with Crippen molar-refractivity contribution in [2.45, 2.75) is 45.1 Å². The standard InChI is InChI=1S/C22H27N3O2/c1-2-19-10-6-7-15-25(19)22(27)18-12-14-23-20(16-18)21(26)24-13-11-17-8-4-3-5-9-17/h3-5,8-9,12,14,16,19H,2,6-7,10-11,13,15H2,1H3,(H,24,26). The van der Waals surface area contributed by atoms with E-state index in [1.54, 1.807) is 18.3 Å². The molecular weight excluding hydrogens is 338 g/mol. The molecule has 2 aromatic rings. The van der Waals surface area contributed by atoms with Gasteiger partial charge in [-0.2, -0.15) is 0 Å². The summed E-state index contributed by atoms with van der Waals surface area (Å²) >= 11 is 0. The van der Waals surface area contributed by atoms with Gasteiger partial charge < -0.3 is 10.2 Å². The largest absolute Gasteiger partial charge is 0.350 e. The van der Waals surface area contributed by atoms with Gasteiger partial charge in [0, 0.05) is 30.9 Å². The van der Waals surface area contributed by atoms with Crippen LogP contribution in [0.5, 0.6) is 0 Å². The van der Waals surface area contributed by atoms with Gasteiger partial charge in [0.1, 0.15) is 5.69 Å². The topological polar surface area (TPSA) is 62.3 Å². The molecule has 0 bridgehead atoms. The van der Waals surface area contributed by atoms with Gasteiger partial charge in [0.2, 0.25) is 0 Å². The predicted octanol–water partition coefficient (Wildman–Crippen LogP) is 3.46. The molecule has 1 aromatic heterocycles. The molecule has 1 fully saturated rings. The van der Waals surface area contributed by atoms with Gasteiger partial charge in [-0.05, 0) is 49.8 Å². The average molecular weight is 365 g/mol. The summed E-state index contributed by atoms with van der Waals surface area (Å²) < 4.78 is 0. The van der Waals surface area contributed by atoms with Crippen molar-refractivity contribution in [2.75, 3.05) is 13.1 Å². The second kappa shape index (κ2) is 9.31. The molecule has 5 nitrogen and oxygen atoms in total. The average Bonchev–Trinajstić information content (AvgIpc) is 2.74. The number of pyridine rings is 1. The van der Waals surface area contributed by atoms with Crippen molar-refractivity contribution in [1.82, 2.24) is 15.2 Å². The molecule has 0 aliphatic carbocycles. The van der Waals surface area contributed by atoms with E-state index in [1.807, 2.05) is 35.2 Å². The molecule has 1 aliphatic heterocycles. The van der Waals surface area contributed by atoms with E-state index in [0.717, 1.165) is 32.2 Å². The lowest BCUT2D eigenvalue weighted by atomic mass is 9.99. The van der Waals surface area contributed by atoms with E-state index < -0.39 is 0 Å². The first-order chi connectivity index (χ1) is 13.2. The van der Waals surface area contributed by atoms with E-state index in [9.17, 15) is 9.59 Å². The van der Waals surface area contributed by atoms with Crippen molar-refractivity contribution in [1.29, 1.82) is 0 Å². The lowest BCUT2D eigenvalue weighted by molar-refractivity contribution is 0.0608. The number of piperidine rings is 1. The van der Waals surface area contributed by atoms with E-state index in [0.29, 0.717) is 23.8 Å². The van der Waals surface area contributed by atoms with Crippen LogP contribution in [0.15, 0.2) is 48.7 Å². The molecule has 5 heteroatoms. The molecule has 1 aromatic carbocycles. The minimum absolute atomic E-state index is 0.00212. The zero-order chi connectivity index (χ0) is 19.1. The molecule has 2 heterocycles. The van der Waals surface area contributed by atoms with Crippen LogP contribution in [0.1, 0.15) is 59.0 Å². The van der Waals surface area contributed by atoms with Gasteiger partial charge in [0.15, 0.2) is 0 Å². The highest BCUT2D eigenvalue weighted by molar-refractivity contribution is 5.98. The van der Waals surface area contributed by atoms with Crippen LogP contribution >= 0.6 is 0 Å². The Balaban J connectivity index is 1.62. The molecule has 3 rings (SSSR count). The normalized spacial score (nSPS) is 16.8. The minimum atomic E-state index is -0.244. The van der Waals surface area contributed by atoms with Crippen LogP contribution in [0.25, 0.3) is 0 Å². The van der Waals surface area contributed by atoms with Crippen LogP contribution in [0.3, 0.4) is 0 Å². The van der Waals surface area contributed by atoms with E-state index in [4.69, 9.17) is 0 Å². The van der Waals surface area contributed by atoms with Gasteiger partial charge in [0.05, 0.1) is 0 Å². The summed E-state index contributed by atoms with van der Waals surface area (Å²) in [5.74, 6) is -0.242. The van der Waals surface area contributed by atoms with Crippen molar-refractivity contribution in [3.05, 3.63) is 65.5 Å². The van der Waals surface area contributed by atoms with Crippen LogP contribution in [0, 0.1) is 0 Å². The predicted molar refractivity (Wildman–Crippen MR) is 106 cm³/mol. The van der Waals surface area contributed by atoms with Gasteiger partial charge in [-0.25, -0.2) is 0 Å². The number of nitrogens with zero attached hydrogens (tertiary/aromatic N) is 2. The zero-order valence-electron chi connectivity index (χ0n) is 15.9. The Kier molecular flexibility index (Phi) is 6.58. The van der Waals surface area contributed by atoms with E-state index in [1.165, 1.54) is 12.0 Å². The molecule has 1 aliphatic rings. The first-order valence-electron chi connectivity index (χ1n) is 9.78. The summed E-state index contributed by atoms with van der Waals surface area (Å²) in [5.41, 5.74) is 2.00. The Morgan fingerprint density at radius 3 is 2.78 bits per heavy atom. The van der Waals surface area contributed by atoms with Crippen LogP contribution in [0.2, 0.25) is 0 Å². The summed E-state index contributed by atoms with van der Waals surface area (Å²) in [4.78, 5) is 31.4. The smallest absolute Gasteiger partial charge is 0.269 e. The molecule has 27 heavy (non-hydrogen) atoms. The Morgan fingerprint density at radius 2 is 2.00 bits per heavy atom. The Hall–Kier alpha value is -2.69. The molecule has 1 N–H and O–H groups in total. The summed E-state index contributed by atoms with van der Waals surface area (Å²) in [7, 11) is 0. The molecule has 1 unspecified atom stereocenters. The lowest BCUT2D eigenvalue weighted by Crippen LogP contribution is -2.43. The third-order valence-corrected chi connectivity index (χ3v) is 5.14. The Morgan fingerprint density at radius 1 is 1.19 bits per heavy atom. The van der Waals surface area contributed by atoms with Crippen molar-refractivity contribution in [2.24, 2.45) is 0 Å². The number of carbonyl (C=O) groups excluding carboxylic acids is 2. The van der Waals surface area contributed by atoms with Gasteiger partial charge in [-0.15, -0.1) is 0 Å². The van der Waals surface area contributed by atoms with Crippen molar-refractivity contribution >= 4 is 11.8 Å². The summed E-state index contributed by atoms with van der Waals surface area (Å²) in [6.07, 6.45) is 6.54. The number of carbonyl (C=O) groups is 2. The van der Waals surface area contributed by atoms with Crippen LogP contribution in [0.4, 0.5) is 0 Å². The quantitative estimate of drug-likeness (QED) is 0.853. The minimum Gasteiger partial charge on any atom is -0.350 e. The van der Waals surface area contributed by atoms with Crippen molar-refractivity contribution < 1.29 is 9.59 Å². The first kappa shape index (κ1) is 19.1. The number of aromatic nitrogens is 1. The molecule has 142 valence electrons. The molecule has 0 saturated carbocycles. The number of rotatable bonds is 6. The van der Waals surface area contributed by atoms with Gasteiger partial charge in [0.25, 0.3) is 11.8 Å². The third kappa shape index (κ3) is 4.94. The SMILES string of the molecule is CCC1CCCCN1C(=O)c1ccnc(C(=O)NCCc2ccccc2)c1. The molecule has 1 atom stereocenters. The summed E-state index contributed by atoms with van der Waals surface area (Å²) in [5, 5.41) is 2.89. The Bertz CT molecular complexity index is 776. The van der Waals surface area contributed by atoms with E-state index in [2.05, 4.69) is 17.2 Å². The van der Waals surface area contributed by atoms with Crippen LogP contribution in [-0.2, 0) is 6.42 Å². The zero-order valence-corrected chi connectivity index (χ0v) is 15.9. The fourth-order valence-electron chi connectivity index (χ4n) is 3.60. The molecular formula is C22H27N3O2. The lowest BCUT2D eigenvalue weighted by Gasteiger charge is -2.35. The summed E-state index contributed by atoms with van der Waals surface area (Å²) in [6, 6.07) is 13.6. The van der Waals surface area contributed by atoms with Crippen LogP contribution in [-0.4, -0.2) is 40.8 Å². The molecule has 1 saturated heterocycles. The fraction of sp³-hybridized carbons (Fsp3) is 0.409. The molecule has 0 spiro atoms. The maximum absolute atomic E-state index is 12.9. The number of hydrogen-bond donors (Lipinski definition) is 1. The van der Waals surface area contributed by atoms with E-state index in [-0.39, 0.29) is 11.8 Å². The van der Waals surface area contributed by atoms with Gasteiger partial charge in [-0.1, -0.05) is 37.3 Å². The fourth-order valence-corrected chi connectivity index (χ4v) is 3.60. The second-order valence-electron chi connectivity index (χ2n) is 6.98. The number of amides is 2. The highest BCUT2D eigenvalue weighted by Gasteiger charge is 2.26. The van der Waals surface area contributed by atoms with Crippen LogP contribution < -0.4 is 5.32 Å². The highest BCUT2D eigenvalue weighted by Crippen LogP contribution is 2.21. The molecule has 2 amide bonds. The number of likely N-dealkylation sites (tertiary alicyclic amines) is 1. The Labute approximate surface area is 160 Å². The maximum atomic E-state index is 12.9. The molecule has 0 radical (unpaired) electrons. The summed E-state index contributed by atoms with van der Waals surface area (Å²) in [6.45, 7) is 3.44. The maximum Gasteiger partial charge on any atom is 0.269 e. The monoisotopic (exact) mass is 365 g/mol. The van der Waals surface area contributed by atoms with Crippen molar-refractivity contribution in [3.8, 4) is 0 Å². The first-order valence-corrected chi connectivity index (χ1v) is 9.78. The number of hydrogen-bond acceptors (Lipinski definition) is 3.